The van der Waals surface area contributed by atoms with Crippen molar-refractivity contribution >= 4 is 29.1 Å². The highest BCUT2D eigenvalue weighted by atomic mass is 15.3. The van der Waals surface area contributed by atoms with E-state index in [1.54, 1.807) is 0 Å². The van der Waals surface area contributed by atoms with Crippen molar-refractivity contribution in [3.8, 4) is 39.2 Å². The number of hydrogen-bond acceptors (Lipinski definition) is 3. The second-order valence-electron chi connectivity index (χ2n) is 10.9. The van der Waals surface area contributed by atoms with Crippen molar-refractivity contribution in [2.24, 2.45) is 0 Å². The van der Waals surface area contributed by atoms with Crippen LogP contribution in [-0.2, 0) is 0 Å². The van der Waals surface area contributed by atoms with Crippen LogP contribution in [0.2, 0.25) is 0 Å². The first-order valence-corrected chi connectivity index (χ1v) is 13.8. The minimum Gasteiger partial charge on any atom is -0.376 e. The molecule has 190 valence electrons. The summed E-state index contributed by atoms with van der Waals surface area (Å²) < 4.78 is 2.06. The molecule has 2 aliphatic heterocycles. The van der Waals surface area contributed by atoms with E-state index in [1.807, 2.05) is 6.20 Å². The monoisotopic (exact) mass is 514 g/mol. The van der Waals surface area contributed by atoms with Crippen LogP contribution < -0.4 is 15.7 Å². The molecule has 6 aromatic rings. The first kappa shape index (κ1) is 23.0. The Bertz CT molecular complexity index is 1970. The topological polar surface area (TPSA) is 34.0 Å². The number of para-hydroxylation sites is 2. The normalized spacial score (nSPS) is 12.8. The maximum Gasteiger partial charge on any atom is 0.329 e. The molecule has 0 aliphatic carbocycles. The molecule has 40 heavy (non-hydrogen) atoms. The van der Waals surface area contributed by atoms with Gasteiger partial charge in [0.2, 0.25) is 0 Å². The Balaban J connectivity index is 1.44. The predicted molar refractivity (Wildman–Crippen MR) is 165 cm³/mol. The molecule has 0 N–H and O–H groups in total. The Kier molecular flexibility index (Phi) is 4.93. The van der Waals surface area contributed by atoms with E-state index in [0.29, 0.717) is 0 Å². The van der Waals surface area contributed by atoms with Gasteiger partial charge >= 0.3 is 6.85 Å². The molecule has 4 heterocycles. The lowest BCUT2D eigenvalue weighted by Crippen LogP contribution is -2.59. The van der Waals surface area contributed by atoms with Crippen molar-refractivity contribution < 1.29 is 0 Å². The molecule has 4 aromatic carbocycles. The molecule has 2 aliphatic rings. The van der Waals surface area contributed by atoms with Crippen LogP contribution in [-0.4, -0.2) is 21.6 Å². The Morgan fingerprint density at radius 2 is 1.30 bits per heavy atom. The van der Waals surface area contributed by atoms with Crippen molar-refractivity contribution in [2.45, 2.75) is 20.8 Å². The van der Waals surface area contributed by atoms with Crippen LogP contribution in [0.25, 0.3) is 39.2 Å². The van der Waals surface area contributed by atoms with Gasteiger partial charge in [0.25, 0.3) is 0 Å². The SMILES string of the molecule is Cc1ccnc(-c2ccc3c(c2)B2c4cc(-n5nc(C)cc5C)ccc4-c4ccccc4N2c2ccccc2-3)c1. The Labute approximate surface area is 234 Å². The number of aryl methyl sites for hydroxylation is 3. The molecule has 4 nitrogen and oxygen atoms in total. The van der Waals surface area contributed by atoms with Crippen molar-refractivity contribution in [3.63, 3.8) is 0 Å². The Morgan fingerprint density at radius 3 is 1.98 bits per heavy atom. The number of rotatable bonds is 2. The summed E-state index contributed by atoms with van der Waals surface area (Å²) >= 11 is 0. The fourth-order valence-corrected chi connectivity index (χ4v) is 6.61. The molecule has 0 atom stereocenters. The average molecular weight is 514 g/mol. The first-order valence-electron chi connectivity index (χ1n) is 13.8. The van der Waals surface area contributed by atoms with Crippen LogP contribution in [0.15, 0.2) is 109 Å². The van der Waals surface area contributed by atoms with Crippen LogP contribution >= 0.6 is 0 Å². The maximum absolute atomic E-state index is 4.81. The lowest BCUT2D eigenvalue weighted by molar-refractivity contribution is 0.834. The molecule has 0 unspecified atom stereocenters. The first-order chi connectivity index (χ1) is 19.6. The van der Waals surface area contributed by atoms with Crippen LogP contribution in [0.4, 0.5) is 11.4 Å². The van der Waals surface area contributed by atoms with Crippen molar-refractivity contribution in [1.29, 1.82) is 0 Å². The number of benzene rings is 4. The molecular weight excluding hydrogens is 487 g/mol. The zero-order valence-corrected chi connectivity index (χ0v) is 22.8. The van der Waals surface area contributed by atoms with Crippen molar-refractivity contribution in [2.75, 3.05) is 4.81 Å². The molecule has 0 fully saturated rings. The molecule has 0 radical (unpaired) electrons. The summed E-state index contributed by atoms with van der Waals surface area (Å²) in [6.45, 7) is 6.30. The molecule has 5 heteroatoms. The number of hydrogen-bond donors (Lipinski definition) is 0. The minimum absolute atomic E-state index is 0.0106. The number of anilines is 2. The summed E-state index contributed by atoms with van der Waals surface area (Å²) in [4.78, 5) is 7.26. The second kappa shape index (κ2) is 8.55. The van der Waals surface area contributed by atoms with E-state index in [9.17, 15) is 0 Å². The number of aromatic nitrogens is 3. The fraction of sp³-hybridized carbons (Fsp3) is 0.0857. The zero-order chi connectivity index (χ0) is 27.0. The van der Waals surface area contributed by atoms with Gasteiger partial charge < -0.3 is 4.81 Å². The number of nitrogens with zero attached hydrogens (tertiary/aromatic N) is 4. The second-order valence-corrected chi connectivity index (χ2v) is 10.9. The van der Waals surface area contributed by atoms with Gasteiger partial charge in [-0.25, -0.2) is 4.68 Å². The standard InChI is InChI=1S/C35H27BN4/c1-22-16-17-37-33(18-22)25-12-14-27-29-8-4-6-10-34(29)39-35-11-7-5-9-30(35)28-15-13-26(40-24(3)19-23(2)38-40)21-32(28)36(39)31(27)20-25/h4-21H,1-3H3. The van der Waals surface area contributed by atoms with Gasteiger partial charge in [-0.05, 0) is 96.4 Å². The molecule has 2 aromatic heterocycles. The fourth-order valence-electron chi connectivity index (χ4n) is 6.61. The smallest absolute Gasteiger partial charge is 0.329 e. The van der Waals surface area contributed by atoms with E-state index in [4.69, 9.17) is 10.1 Å². The van der Waals surface area contributed by atoms with Gasteiger partial charge in [0.05, 0.1) is 17.1 Å². The number of fused-ring (bicyclic) bond motifs is 11. The van der Waals surface area contributed by atoms with E-state index >= 15 is 0 Å². The summed E-state index contributed by atoms with van der Waals surface area (Å²) in [6, 6.07) is 37.6. The van der Waals surface area contributed by atoms with Gasteiger partial charge in [0.15, 0.2) is 0 Å². The molecule has 0 saturated carbocycles. The van der Waals surface area contributed by atoms with E-state index in [1.165, 1.54) is 50.1 Å². The maximum atomic E-state index is 4.81. The lowest BCUT2D eigenvalue weighted by atomic mass is 9.43. The predicted octanol–water partition coefficient (Wildman–Crippen LogP) is 6.76. The van der Waals surface area contributed by atoms with Crippen LogP contribution in [0.1, 0.15) is 17.0 Å². The Hall–Kier alpha value is -4.90. The van der Waals surface area contributed by atoms with Gasteiger partial charge in [-0.15, -0.1) is 0 Å². The lowest BCUT2D eigenvalue weighted by Gasteiger charge is -2.43. The summed E-state index contributed by atoms with van der Waals surface area (Å²) in [5.74, 6) is 0. The van der Waals surface area contributed by atoms with E-state index in [-0.39, 0.29) is 6.85 Å². The summed E-state index contributed by atoms with van der Waals surface area (Å²) in [7, 11) is 0. The van der Waals surface area contributed by atoms with Crippen LogP contribution in [0.5, 0.6) is 0 Å². The molecule has 0 bridgehead atoms. The van der Waals surface area contributed by atoms with Gasteiger partial charge in [0.1, 0.15) is 0 Å². The number of pyridine rings is 1. The molecule has 8 rings (SSSR count). The highest BCUT2D eigenvalue weighted by molar-refractivity contribution is 6.92. The average Bonchev–Trinajstić information content (AvgIpc) is 3.33. The quantitative estimate of drug-likeness (QED) is 0.239. The van der Waals surface area contributed by atoms with Crippen LogP contribution in [0, 0.1) is 20.8 Å². The third-order valence-electron chi connectivity index (χ3n) is 8.31. The highest BCUT2D eigenvalue weighted by Gasteiger charge is 2.42. The largest absolute Gasteiger partial charge is 0.376 e. The van der Waals surface area contributed by atoms with E-state index in [0.717, 1.165) is 28.3 Å². The van der Waals surface area contributed by atoms with E-state index in [2.05, 4.69) is 133 Å². The Morgan fingerprint density at radius 1 is 0.625 bits per heavy atom. The third-order valence-corrected chi connectivity index (χ3v) is 8.31. The highest BCUT2D eigenvalue weighted by Crippen LogP contribution is 2.46. The molecule has 0 amide bonds. The molecular formula is C35H27BN4. The third kappa shape index (κ3) is 3.34. The summed E-state index contributed by atoms with van der Waals surface area (Å²) in [5, 5.41) is 4.81. The minimum atomic E-state index is 0.0106. The van der Waals surface area contributed by atoms with Gasteiger partial charge in [-0.2, -0.15) is 5.10 Å². The van der Waals surface area contributed by atoms with Crippen molar-refractivity contribution in [1.82, 2.24) is 14.8 Å². The van der Waals surface area contributed by atoms with Crippen LogP contribution in [0.3, 0.4) is 0 Å². The summed E-state index contributed by atoms with van der Waals surface area (Å²) in [5.41, 5.74) is 16.7. The van der Waals surface area contributed by atoms with Gasteiger partial charge in [0, 0.05) is 34.4 Å². The zero-order valence-electron chi connectivity index (χ0n) is 22.8. The van der Waals surface area contributed by atoms with Crippen molar-refractivity contribution in [3.05, 3.63) is 126 Å². The molecule has 0 spiro atoms. The van der Waals surface area contributed by atoms with Gasteiger partial charge in [-0.1, -0.05) is 60.7 Å². The summed E-state index contributed by atoms with van der Waals surface area (Å²) in [6.07, 6.45) is 1.90. The van der Waals surface area contributed by atoms with Gasteiger partial charge in [-0.3, -0.25) is 4.98 Å². The van der Waals surface area contributed by atoms with E-state index < -0.39 is 0 Å². The molecule has 0 saturated heterocycles.